The summed E-state index contributed by atoms with van der Waals surface area (Å²) in [6.07, 6.45) is 1.05. The van der Waals surface area contributed by atoms with Crippen LogP contribution < -0.4 is 19.1 Å². The van der Waals surface area contributed by atoms with Gasteiger partial charge < -0.3 is 14.8 Å². The van der Waals surface area contributed by atoms with Crippen molar-refractivity contribution in [1.29, 1.82) is 0 Å². The molecule has 0 spiro atoms. The number of anilines is 2. The average molecular weight is 362 g/mol. The van der Waals surface area contributed by atoms with E-state index in [-0.39, 0.29) is 13.3 Å². The fourth-order valence-electron chi connectivity index (χ4n) is 2.49. The van der Waals surface area contributed by atoms with Crippen LogP contribution in [0, 0.1) is 6.92 Å². The van der Waals surface area contributed by atoms with E-state index in [2.05, 4.69) is 5.32 Å². The van der Waals surface area contributed by atoms with Crippen LogP contribution in [0.1, 0.15) is 5.56 Å². The van der Waals surface area contributed by atoms with Gasteiger partial charge in [-0.2, -0.15) is 0 Å². The van der Waals surface area contributed by atoms with Crippen molar-refractivity contribution in [3.63, 3.8) is 0 Å². The van der Waals surface area contributed by atoms with Crippen LogP contribution in [0.5, 0.6) is 11.5 Å². The fourth-order valence-corrected chi connectivity index (χ4v) is 3.34. The molecule has 0 aromatic heterocycles. The summed E-state index contributed by atoms with van der Waals surface area (Å²) >= 11 is 0. The number of nitrogens with zero attached hydrogens (tertiary/aromatic N) is 1. The van der Waals surface area contributed by atoms with Gasteiger partial charge in [-0.15, -0.1) is 0 Å². The molecule has 1 heterocycles. The second-order valence-corrected chi connectivity index (χ2v) is 7.63. The Balaban J connectivity index is 1.81. The molecular formula is C17H18N2O5S. The zero-order valence-electron chi connectivity index (χ0n) is 13.9. The van der Waals surface area contributed by atoms with Gasteiger partial charge in [-0.05, 0) is 36.8 Å². The second-order valence-electron chi connectivity index (χ2n) is 5.72. The molecule has 132 valence electrons. The molecule has 2 aromatic carbocycles. The van der Waals surface area contributed by atoms with Gasteiger partial charge in [0.25, 0.3) is 0 Å². The van der Waals surface area contributed by atoms with Gasteiger partial charge in [0, 0.05) is 11.8 Å². The highest BCUT2D eigenvalue weighted by molar-refractivity contribution is 7.92. The number of benzene rings is 2. The molecular weight excluding hydrogens is 344 g/mol. The first-order valence-electron chi connectivity index (χ1n) is 7.57. The Morgan fingerprint density at radius 1 is 1.16 bits per heavy atom. The first-order chi connectivity index (χ1) is 11.8. The van der Waals surface area contributed by atoms with E-state index in [0.29, 0.717) is 22.9 Å². The zero-order valence-corrected chi connectivity index (χ0v) is 14.7. The van der Waals surface area contributed by atoms with Crippen LogP contribution in [0.3, 0.4) is 0 Å². The largest absolute Gasteiger partial charge is 0.454 e. The van der Waals surface area contributed by atoms with Gasteiger partial charge in [-0.1, -0.05) is 12.1 Å². The Hall–Kier alpha value is -2.74. The maximum absolute atomic E-state index is 12.3. The minimum absolute atomic E-state index is 0.0888. The molecule has 1 aliphatic rings. The van der Waals surface area contributed by atoms with Crippen LogP contribution in [0.4, 0.5) is 11.4 Å². The molecule has 7 nitrogen and oxygen atoms in total. The zero-order chi connectivity index (χ0) is 18.0. The van der Waals surface area contributed by atoms with Crippen molar-refractivity contribution in [1.82, 2.24) is 0 Å². The molecule has 25 heavy (non-hydrogen) atoms. The number of nitrogens with one attached hydrogen (secondary N) is 1. The number of aryl methyl sites for hydroxylation is 1. The van der Waals surface area contributed by atoms with Crippen molar-refractivity contribution in [2.24, 2.45) is 0 Å². The molecule has 0 radical (unpaired) electrons. The maximum atomic E-state index is 12.3. The third-order valence-electron chi connectivity index (χ3n) is 3.63. The van der Waals surface area contributed by atoms with Crippen molar-refractivity contribution in [3.05, 3.63) is 48.0 Å². The van der Waals surface area contributed by atoms with Crippen LogP contribution in [0.25, 0.3) is 0 Å². The van der Waals surface area contributed by atoms with E-state index in [0.717, 1.165) is 16.1 Å². The first kappa shape index (κ1) is 17.1. The van der Waals surface area contributed by atoms with E-state index < -0.39 is 15.9 Å². The predicted molar refractivity (Wildman–Crippen MR) is 94.6 cm³/mol. The van der Waals surface area contributed by atoms with Gasteiger partial charge in [0.15, 0.2) is 11.5 Å². The topological polar surface area (TPSA) is 84.9 Å². The minimum atomic E-state index is -3.65. The summed E-state index contributed by atoms with van der Waals surface area (Å²) in [4.78, 5) is 12.3. The van der Waals surface area contributed by atoms with Crippen LogP contribution in [-0.4, -0.2) is 33.9 Å². The quantitative estimate of drug-likeness (QED) is 0.881. The molecule has 2 aromatic rings. The Morgan fingerprint density at radius 2 is 1.92 bits per heavy atom. The second kappa shape index (κ2) is 6.64. The molecule has 1 amide bonds. The number of fused-ring (bicyclic) bond motifs is 1. The van der Waals surface area contributed by atoms with Gasteiger partial charge in [-0.25, -0.2) is 8.42 Å². The lowest BCUT2D eigenvalue weighted by molar-refractivity contribution is -0.114. The highest BCUT2D eigenvalue weighted by Crippen LogP contribution is 2.36. The van der Waals surface area contributed by atoms with Crippen LogP contribution >= 0.6 is 0 Å². The SMILES string of the molecule is Cc1cccc(NC(=O)CN(c2ccc3c(c2)OCO3)S(C)(=O)=O)c1. The van der Waals surface area contributed by atoms with E-state index in [4.69, 9.17) is 9.47 Å². The Labute approximate surface area is 146 Å². The van der Waals surface area contributed by atoms with Gasteiger partial charge in [0.05, 0.1) is 11.9 Å². The average Bonchev–Trinajstić information content (AvgIpc) is 2.99. The summed E-state index contributed by atoms with van der Waals surface area (Å²) in [5.41, 5.74) is 1.95. The number of hydrogen-bond donors (Lipinski definition) is 1. The molecule has 0 aliphatic carbocycles. The van der Waals surface area contributed by atoms with Crippen LogP contribution in [0.15, 0.2) is 42.5 Å². The van der Waals surface area contributed by atoms with Crippen molar-refractivity contribution >= 4 is 27.3 Å². The third-order valence-corrected chi connectivity index (χ3v) is 4.77. The minimum Gasteiger partial charge on any atom is -0.454 e. The van der Waals surface area contributed by atoms with E-state index in [1.807, 2.05) is 25.1 Å². The van der Waals surface area contributed by atoms with Crippen molar-refractivity contribution in [3.8, 4) is 11.5 Å². The van der Waals surface area contributed by atoms with Gasteiger partial charge in [-0.3, -0.25) is 9.10 Å². The standard InChI is InChI=1S/C17H18N2O5S/c1-12-4-3-5-13(8-12)18-17(20)10-19(25(2,21)22)14-6-7-15-16(9-14)24-11-23-15/h3-9H,10-11H2,1-2H3,(H,18,20). The van der Waals surface area contributed by atoms with Crippen molar-refractivity contribution < 1.29 is 22.7 Å². The Bertz CT molecular complexity index is 911. The summed E-state index contributed by atoms with van der Waals surface area (Å²) in [6.45, 7) is 1.66. The van der Waals surface area contributed by atoms with E-state index in [1.54, 1.807) is 24.3 Å². The van der Waals surface area contributed by atoms with Crippen molar-refractivity contribution in [2.75, 3.05) is 29.2 Å². The molecule has 1 aliphatic heterocycles. The summed E-state index contributed by atoms with van der Waals surface area (Å²) in [5.74, 6) is 0.556. The number of carbonyl (C=O) groups is 1. The maximum Gasteiger partial charge on any atom is 0.245 e. The van der Waals surface area contributed by atoms with Crippen molar-refractivity contribution in [2.45, 2.75) is 6.92 Å². The van der Waals surface area contributed by atoms with E-state index in [9.17, 15) is 13.2 Å². The molecule has 3 rings (SSSR count). The Morgan fingerprint density at radius 3 is 2.64 bits per heavy atom. The van der Waals surface area contributed by atoms with E-state index >= 15 is 0 Å². The highest BCUT2D eigenvalue weighted by Gasteiger charge is 2.23. The number of ether oxygens (including phenoxy) is 2. The van der Waals surface area contributed by atoms with Crippen LogP contribution in [0.2, 0.25) is 0 Å². The van der Waals surface area contributed by atoms with Gasteiger partial charge >= 0.3 is 0 Å². The fraction of sp³-hybridized carbons (Fsp3) is 0.235. The molecule has 1 N–H and O–H groups in total. The summed E-state index contributed by atoms with van der Waals surface area (Å²) in [6, 6.07) is 12.0. The molecule has 0 unspecified atom stereocenters. The third kappa shape index (κ3) is 4.03. The number of carbonyl (C=O) groups excluding carboxylic acids is 1. The van der Waals surface area contributed by atoms with Gasteiger partial charge in [0.1, 0.15) is 6.54 Å². The number of sulfonamides is 1. The molecule has 0 saturated heterocycles. The number of hydrogen-bond acceptors (Lipinski definition) is 5. The highest BCUT2D eigenvalue weighted by atomic mass is 32.2. The predicted octanol–water partition coefficient (Wildman–Crippen LogP) is 2.13. The lowest BCUT2D eigenvalue weighted by atomic mass is 10.2. The molecule has 0 saturated carbocycles. The van der Waals surface area contributed by atoms with E-state index in [1.165, 1.54) is 0 Å². The Kier molecular flexibility index (Phi) is 4.54. The van der Waals surface area contributed by atoms with Crippen LogP contribution in [-0.2, 0) is 14.8 Å². The monoisotopic (exact) mass is 362 g/mol. The molecule has 0 fully saturated rings. The molecule has 0 atom stereocenters. The first-order valence-corrected chi connectivity index (χ1v) is 9.41. The summed E-state index contributed by atoms with van der Waals surface area (Å²) in [7, 11) is -3.65. The smallest absolute Gasteiger partial charge is 0.245 e. The van der Waals surface area contributed by atoms with Gasteiger partial charge in [0.2, 0.25) is 22.7 Å². The number of rotatable bonds is 5. The summed E-state index contributed by atoms with van der Waals surface area (Å²) < 4.78 is 35.8. The molecule has 8 heteroatoms. The lowest BCUT2D eigenvalue weighted by Gasteiger charge is -2.22. The normalized spacial score (nSPS) is 12.7. The number of amides is 1. The lowest BCUT2D eigenvalue weighted by Crippen LogP contribution is -2.37. The summed E-state index contributed by atoms with van der Waals surface area (Å²) in [5, 5.41) is 2.71. The molecule has 0 bridgehead atoms.